The second-order valence-corrected chi connectivity index (χ2v) is 6.39. The van der Waals surface area contributed by atoms with Gasteiger partial charge in [0.1, 0.15) is 18.2 Å². The summed E-state index contributed by atoms with van der Waals surface area (Å²) in [5.74, 6) is -0.239. The summed E-state index contributed by atoms with van der Waals surface area (Å²) < 4.78 is 17.5. The van der Waals surface area contributed by atoms with Crippen LogP contribution in [0.1, 0.15) is 18.1 Å². The number of amides is 1. The molecule has 4 atom stereocenters. The summed E-state index contributed by atoms with van der Waals surface area (Å²) in [6.07, 6.45) is -1.53. The molecule has 1 aliphatic rings. The number of ether oxygens (including phenoxy) is 3. The van der Waals surface area contributed by atoms with Crippen molar-refractivity contribution in [2.75, 3.05) is 0 Å². The molecule has 0 radical (unpaired) electrons. The van der Waals surface area contributed by atoms with Crippen LogP contribution in [0.15, 0.2) is 60.7 Å². The molecule has 6 heteroatoms. The first-order chi connectivity index (χ1) is 13.2. The molecule has 2 aromatic rings. The Balaban J connectivity index is 1.69. The third-order valence-corrected chi connectivity index (χ3v) is 4.31. The van der Waals surface area contributed by atoms with Gasteiger partial charge in [0.05, 0.1) is 13.2 Å². The Bertz CT molecular complexity index is 737. The lowest BCUT2D eigenvalue weighted by Crippen LogP contribution is -2.48. The molecule has 1 aliphatic heterocycles. The van der Waals surface area contributed by atoms with Crippen molar-refractivity contribution in [3.8, 4) is 0 Å². The van der Waals surface area contributed by atoms with Crippen molar-refractivity contribution < 1.29 is 23.8 Å². The number of hydrogen-bond acceptors (Lipinski definition) is 5. The van der Waals surface area contributed by atoms with Crippen molar-refractivity contribution in [2.45, 2.75) is 44.7 Å². The van der Waals surface area contributed by atoms with Gasteiger partial charge < -0.3 is 24.3 Å². The summed E-state index contributed by atoms with van der Waals surface area (Å²) >= 11 is 0. The Morgan fingerprint density at radius 1 is 1.00 bits per heavy atom. The maximum Gasteiger partial charge on any atom is 0.217 e. The van der Waals surface area contributed by atoms with E-state index < -0.39 is 24.5 Å². The van der Waals surface area contributed by atoms with Crippen molar-refractivity contribution in [2.24, 2.45) is 0 Å². The van der Waals surface area contributed by atoms with Crippen molar-refractivity contribution in [3.63, 3.8) is 0 Å². The molecule has 1 N–H and O–H groups in total. The second kappa shape index (κ2) is 9.41. The van der Waals surface area contributed by atoms with Gasteiger partial charge >= 0.3 is 0 Å². The zero-order valence-corrected chi connectivity index (χ0v) is 15.1. The van der Waals surface area contributed by atoms with Gasteiger partial charge in [-0.2, -0.15) is 0 Å². The Hall–Kier alpha value is -2.54. The minimum Gasteiger partial charge on any atom is -0.368 e. The fourth-order valence-electron chi connectivity index (χ4n) is 3.03. The van der Waals surface area contributed by atoms with Crippen LogP contribution >= 0.6 is 0 Å². The lowest BCUT2D eigenvalue weighted by molar-refractivity contribution is -0.156. The maximum atomic E-state index is 11.7. The molecule has 6 nitrogen and oxygen atoms in total. The molecule has 3 rings (SSSR count). The third-order valence-electron chi connectivity index (χ3n) is 4.31. The largest absolute Gasteiger partial charge is 0.368 e. The molecule has 27 heavy (non-hydrogen) atoms. The number of aldehydes is 1. The minimum atomic E-state index is -0.814. The molecule has 0 unspecified atom stereocenters. The van der Waals surface area contributed by atoms with E-state index in [1.807, 2.05) is 60.7 Å². The summed E-state index contributed by atoms with van der Waals surface area (Å²) in [6, 6.07) is 18.7. The maximum absolute atomic E-state index is 11.7. The second-order valence-electron chi connectivity index (χ2n) is 6.39. The van der Waals surface area contributed by atoms with E-state index in [9.17, 15) is 9.59 Å². The molecule has 1 saturated heterocycles. The van der Waals surface area contributed by atoms with Crippen LogP contribution < -0.4 is 5.32 Å². The summed E-state index contributed by atoms with van der Waals surface area (Å²) in [5, 5.41) is 2.81. The summed E-state index contributed by atoms with van der Waals surface area (Å²) in [5.41, 5.74) is 1.94. The van der Waals surface area contributed by atoms with E-state index in [0.717, 1.165) is 11.1 Å². The molecule has 0 bridgehead atoms. The minimum absolute atomic E-state index is 0.239. The van der Waals surface area contributed by atoms with Crippen LogP contribution in [0.2, 0.25) is 0 Å². The molecule has 142 valence electrons. The van der Waals surface area contributed by atoms with Crippen molar-refractivity contribution in [3.05, 3.63) is 71.8 Å². The first kappa shape index (κ1) is 19.2. The van der Waals surface area contributed by atoms with Crippen LogP contribution in [0, 0.1) is 0 Å². The van der Waals surface area contributed by atoms with Crippen LogP contribution in [0.4, 0.5) is 0 Å². The van der Waals surface area contributed by atoms with Gasteiger partial charge in [-0.05, 0) is 11.1 Å². The Labute approximate surface area is 158 Å². The van der Waals surface area contributed by atoms with E-state index in [1.165, 1.54) is 6.92 Å². The molecule has 1 amide bonds. The predicted molar refractivity (Wildman–Crippen MR) is 98.6 cm³/mol. The number of benzene rings is 2. The summed E-state index contributed by atoms with van der Waals surface area (Å²) in [6.45, 7) is 2.02. The quantitative estimate of drug-likeness (QED) is 0.723. The summed E-state index contributed by atoms with van der Waals surface area (Å²) in [7, 11) is 0. The first-order valence-corrected chi connectivity index (χ1v) is 8.86. The number of carbonyl (C=O) groups is 2. The van der Waals surface area contributed by atoms with Gasteiger partial charge in [-0.3, -0.25) is 4.79 Å². The monoisotopic (exact) mass is 369 g/mol. The molecule has 0 aromatic heterocycles. The predicted octanol–water partition coefficient (Wildman–Crippen LogP) is 2.22. The van der Waals surface area contributed by atoms with Crippen LogP contribution in [0.5, 0.6) is 0 Å². The van der Waals surface area contributed by atoms with E-state index in [1.54, 1.807) is 0 Å². The number of carbonyl (C=O) groups excluding carboxylic acids is 2. The van der Waals surface area contributed by atoms with Crippen LogP contribution in [0.3, 0.4) is 0 Å². The Kier molecular flexibility index (Phi) is 6.70. The fraction of sp³-hybridized carbons (Fsp3) is 0.333. The highest BCUT2D eigenvalue weighted by Crippen LogP contribution is 2.26. The van der Waals surface area contributed by atoms with Gasteiger partial charge in [0, 0.05) is 6.92 Å². The molecular weight excluding hydrogens is 346 g/mol. The standard InChI is InChI=1S/C21H23NO5/c1-15(24)22-19-20(25-13-16-8-4-2-5-9-16)18(12-23)27-21(19)26-14-17-10-6-3-7-11-17/h2-12,18-21H,13-14H2,1H3,(H,22,24)/t18-,19-,20+,21-/m1/s1. The van der Waals surface area contributed by atoms with E-state index in [4.69, 9.17) is 14.2 Å². The average Bonchev–Trinajstić information content (AvgIpc) is 3.02. The highest BCUT2D eigenvalue weighted by atomic mass is 16.7. The zero-order chi connectivity index (χ0) is 19.1. The van der Waals surface area contributed by atoms with Crippen molar-refractivity contribution >= 4 is 12.2 Å². The SMILES string of the molecule is CC(=O)N[C@H]1[C@H](OCc2ccccc2)O[C@H](C=O)[C@@H]1OCc1ccccc1. The van der Waals surface area contributed by atoms with E-state index in [-0.39, 0.29) is 5.91 Å². The van der Waals surface area contributed by atoms with Crippen molar-refractivity contribution in [1.29, 1.82) is 0 Å². The van der Waals surface area contributed by atoms with Gasteiger partial charge in [-0.1, -0.05) is 60.7 Å². The lowest BCUT2D eigenvalue weighted by Gasteiger charge is -2.24. The zero-order valence-electron chi connectivity index (χ0n) is 15.1. The van der Waals surface area contributed by atoms with E-state index >= 15 is 0 Å². The van der Waals surface area contributed by atoms with Crippen LogP contribution in [0.25, 0.3) is 0 Å². The average molecular weight is 369 g/mol. The fourth-order valence-corrected chi connectivity index (χ4v) is 3.03. The highest BCUT2D eigenvalue weighted by molar-refractivity contribution is 5.73. The smallest absolute Gasteiger partial charge is 0.217 e. The normalized spacial score (nSPS) is 24.5. The number of hydrogen-bond donors (Lipinski definition) is 1. The molecular formula is C21H23NO5. The van der Waals surface area contributed by atoms with Gasteiger partial charge in [0.2, 0.25) is 5.91 Å². The van der Waals surface area contributed by atoms with Crippen molar-refractivity contribution in [1.82, 2.24) is 5.32 Å². The molecule has 2 aromatic carbocycles. The lowest BCUT2D eigenvalue weighted by atomic mass is 10.1. The first-order valence-electron chi connectivity index (χ1n) is 8.86. The molecule has 0 aliphatic carbocycles. The van der Waals surface area contributed by atoms with E-state index in [0.29, 0.717) is 19.5 Å². The topological polar surface area (TPSA) is 73.9 Å². The van der Waals surface area contributed by atoms with Crippen LogP contribution in [-0.4, -0.2) is 36.7 Å². The Morgan fingerprint density at radius 3 is 2.07 bits per heavy atom. The van der Waals surface area contributed by atoms with Gasteiger partial charge in [0.15, 0.2) is 12.6 Å². The Morgan fingerprint density at radius 2 is 1.56 bits per heavy atom. The third kappa shape index (κ3) is 5.23. The highest BCUT2D eigenvalue weighted by Gasteiger charge is 2.46. The molecule has 1 fully saturated rings. The molecule has 0 spiro atoms. The van der Waals surface area contributed by atoms with E-state index in [2.05, 4.69) is 5.32 Å². The summed E-state index contributed by atoms with van der Waals surface area (Å²) in [4.78, 5) is 23.2. The van der Waals surface area contributed by atoms with Gasteiger partial charge in [0.25, 0.3) is 0 Å². The van der Waals surface area contributed by atoms with Gasteiger partial charge in [-0.15, -0.1) is 0 Å². The van der Waals surface area contributed by atoms with Crippen LogP contribution in [-0.2, 0) is 37.0 Å². The molecule has 0 saturated carbocycles. The molecule has 1 heterocycles. The van der Waals surface area contributed by atoms with Gasteiger partial charge in [-0.25, -0.2) is 0 Å². The number of rotatable bonds is 8. The number of nitrogens with one attached hydrogen (secondary N) is 1.